The third-order valence-corrected chi connectivity index (χ3v) is 8.79. The lowest BCUT2D eigenvalue weighted by atomic mass is 9.71. The fraction of sp³-hybridized carbons (Fsp3) is 0.786. The molecule has 4 fully saturated rings. The second kappa shape index (κ2) is 9.54. The molecule has 1 aromatic carbocycles. The molecule has 4 heteroatoms. The number of benzene rings is 1. The Morgan fingerprint density at radius 3 is 2.34 bits per heavy atom. The van der Waals surface area contributed by atoms with E-state index in [0.717, 1.165) is 19.0 Å². The van der Waals surface area contributed by atoms with E-state index in [1.807, 2.05) is 7.11 Å². The van der Waals surface area contributed by atoms with Crippen LogP contribution < -0.4 is 9.80 Å². The smallest absolute Gasteiger partial charge is 0.0746 e. The molecule has 0 aromatic heterocycles. The molecule has 1 atom stereocenters. The van der Waals surface area contributed by atoms with Crippen LogP contribution in [0, 0.1) is 11.3 Å². The fourth-order valence-electron chi connectivity index (χ4n) is 6.27. The SMILES string of the molecule is CO[C@H]1CCCN(c2ccc(N3CCN(CC4CC4)CC3)c(C3CCC(C)(C)CC3)c2)C1. The van der Waals surface area contributed by atoms with Gasteiger partial charge < -0.3 is 14.5 Å². The number of rotatable bonds is 6. The first-order chi connectivity index (χ1) is 15.5. The molecule has 2 aliphatic heterocycles. The number of hydrogen-bond donors (Lipinski definition) is 0. The average Bonchev–Trinajstić information content (AvgIpc) is 3.63. The van der Waals surface area contributed by atoms with Crippen LogP contribution in [0.15, 0.2) is 18.2 Å². The van der Waals surface area contributed by atoms with Gasteiger partial charge in [0.2, 0.25) is 0 Å². The molecular formula is C28H45N3O. The molecule has 0 amide bonds. The van der Waals surface area contributed by atoms with Crippen LogP contribution in [0.5, 0.6) is 0 Å². The van der Waals surface area contributed by atoms with Gasteiger partial charge in [-0.25, -0.2) is 0 Å². The van der Waals surface area contributed by atoms with Gasteiger partial charge in [-0.2, -0.15) is 0 Å². The zero-order chi connectivity index (χ0) is 22.1. The molecule has 0 N–H and O–H groups in total. The molecular weight excluding hydrogens is 394 g/mol. The first kappa shape index (κ1) is 22.5. The van der Waals surface area contributed by atoms with Crippen molar-refractivity contribution >= 4 is 11.4 Å². The normalized spacial score (nSPS) is 27.7. The number of ether oxygens (including phenoxy) is 1. The number of piperidine rings is 1. The minimum atomic E-state index is 0.377. The van der Waals surface area contributed by atoms with Gasteiger partial charge >= 0.3 is 0 Å². The Bertz CT molecular complexity index is 756. The summed E-state index contributed by atoms with van der Waals surface area (Å²) in [7, 11) is 1.87. The van der Waals surface area contributed by atoms with E-state index in [1.54, 1.807) is 5.56 Å². The lowest BCUT2D eigenvalue weighted by molar-refractivity contribution is 0.0893. The highest BCUT2D eigenvalue weighted by Gasteiger charge is 2.32. The van der Waals surface area contributed by atoms with Crippen molar-refractivity contribution in [1.82, 2.24) is 4.90 Å². The number of piperazine rings is 1. The number of anilines is 2. The molecule has 32 heavy (non-hydrogen) atoms. The second-order valence-electron chi connectivity index (χ2n) is 11.9. The average molecular weight is 440 g/mol. The number of hydrogen-bond acceptors (Lipinski definition) is 4. The van der Waals surface area contributed by atoms with Crippen molar-refractivity contribution < 1.29 is 4.74 Å². The Morgan fingerprint density at radius 2 is 1.66 bits per heavy atom. The van der Waals surface area contributed by atoms with Crippen molar-refractivity contribution in [3.05, 3.63) is 23.8 Å². The van der Waals surface area contributed by atoms with Crippen LogP contribution in [0.25, 0.3) is 0 Å². The van der Waals surface area contributed by atoms with Crippen LogP contribution in [0.4, 0.5) is 11.4 Å². The molecule has 4 nitrogen and oxygen atoms in total. The lowest BCUT2D eigenvalue weighted by Gasteiger charge is -2.41. The molecule has 2 heterocycles. The van der Waals surface area contributed by atoms with E-state index in [9.17, 15) is 0 Å². The van der Waals surface area contributed by atoms with Crippen LogP contribution in [-0.4, -0.2) is 63.9 Å². The molecule has 4 aliphatic rings. The van der Waals surface area contributed by atoms with Gasteiger partial charge in [0.1, 0.15) is 0 Å². The zero-order valence-electron chi connectivity index (χ0n) is 20.8. The molecule has 0 spiro atoms. The van der Waals surface area contributed by atoms with Gasteiger partial charge in [-0.05, 0) is 92.4 Å². The standard InChI is InChI=1S/C28H45N3O/c1-28(2)12-10-23(11-13-28)26-19-24(31-14-4-5-25(21-31)32-3)8-9-27(26)30-17-15-29(16-18-30)20-22-6-7-22/h8-9,19,22-23,25H,4-7,10-18,20-21H2,1-3H3/t25-/m0/s1. The molecule has 5 rings (SSSR count). The topological polar surface area (TPSA) is 19.0 Å². The van der Waals surface area contributed by atoms with E-state index >= 15 is 0 Å². The van der Waals surface area contributed by atoms with Gasteiger partial charge in [-0.3, -0.25) is 4.90 Å². The molecule has 178 valence electrons. The predicted molar refractivity (Wildman–Crippen MR) is 135 cm³/mol. The Morgan fingerprint density at radius 1 is 0.906 bits per heavy atom. The molecule has 2 aliphatic carbocycles. The van der Waals surface area contributed by atoms with Crippen LogP contribution in [-0.2, 0) is 4.74 Å². The van der Waals surface area contributed by atoms with Crippen molar-refractivity contribution in [2.75, 3.05) is 62.7 Å². The van der Waals surface area contributed by atoms with E-state index in [1.165, 1.54) is 95.5 Å². The summed E-state index contributed by atoms with van der Waals surface area (Å²) in [6.45, 7) is 13.3. The molecule has 2 saturated carbocycles. The first-order valence-corrected chi connectivity index (χ1v) is 13.4. The quantitative estimate of drug-likeness (QED) is 0.581. The van der Waals surface area contributed by atoms with Crippen LogP contribution in [0.1, 0.15) is 76.7 Å². The highest BCUT2D eigenvalue weighted by atomic mass is 16.5. The van der Waals surface area contributed by atoms with Gasteiger partial charge in [-0.15, -0.1) is 0 Å². The van der Waals surface area contributed by atoms with Gasteiger partial charge in [0.15, 0.2) is 0 Å². The van der Waals surface area contributed by atoms with E-state index < -0.39 is 0 Å². The zero-order valence-corrected chi connectivity index (χ0v) is 20.8. The first-order valence-electron chi connectivity index (χ1n) is 13.4. The highest BCUT2D eigenvalue weighted by molar-refractivity contribution is 5.63. The lowest BCUT2D eigenvalue weighted by Crippen LogP contribution is -2.47. The van der Waals surface area contributed by atoms with Crippen molar-refractivity contribution in [1.29, 1.82) is 0 Å². The summed E-state index contributed by atoms with van der Waals surface area (Å²) in [4.78, 5) is 7.99. The summed E-state index contributed by atoms with van der Waals surface area (Å²) in [6, 6.07) is 7.45. The summed E-state index contributed by atoms with van der Waals surface area (Å²) in [5.74, 6) is 1.72. The van der Waals surface area contributed by atoms with Gasteiger partial charge in [0.25, 0.3) is 0 Å². The highest BCUT2D eigenvalue weighted by Crippen LogP contribution is 2.46. The summed E-state index contributed by atoms with van der Waals surface area (Å²) < 4.78 is 5.72. The molecule has 0 unspecified atom stereocenters. The molecule has 0 radical (unpaired) electrons. The summed E-state index contributed by atoms with van der Waals surface area (Å²) >= 11 is 0. The second-order valence-corrected chi connectivity index (χ2v) is 11.9. The van der Waals surface area contributed by atoms with Crippen LogP contribution in [0.2, 0.25) is 0 Å². The summed E-state index contributed by atoms with van der Waals surface area (Å²) in [5, 5.41) is 0. The maximum atomic E-state index is 5.72. The van der Waals surface area contributed by atoms with Gasteiger partial charge in [0, 0.05) is 64.3 Å². The molecule has 2 saturated heterocycles. The minimum absolute atomic E-state index is 0.377. The summed E-state index contributed by atoms with van der Waals surface area (Å²) in [5.41, 5.74) is 5.10. The van der Waals surface area contributed by atoms with Crippen LogP contribution in [0.3, 0.4) is 0 Å². The maximum Gasteiger partial charge on any atom is 0.0746 e. The van der Waals surface area contributed by atoms with E-state index in [0.29, 0.717) is 17.4 Å². The maximum absolute atomic E-state index is 5.72. The monoisotopic (exact) mass is 439 g/mol. The van der Waals surface area contributed by atoms with Crippen molar-refractivity contribution in [2.45, 2.75) is 77.2 Å². The Kier molecular flexibility index (Phi) is 6.72. The Balaban J connectivity index is 1.35. The van der Waals surface area contributed by atoms with Crippen molar-refractivity contribution in [3.8, 4) is 0 Å². The van der Waals surface area contributed by atoms with E-state index in [2.05, 4.69) is 46.7 Å². The third kappa shape index (κ3) is 5.28. The molecule has 1 aromatic rings. The van der Waals surface area contributed by atoms with E-state index in [4.69, 9.17) is 4.74 Å². The van der Waals surface area contributed by atoms with Gasteiger partial charge in [-0.1, -0.05) is 13.8 Å². The fourth-order valence-corrected chi connectivity index (χ4v) is 6.27. The minimum Gasteiger partial charge on any atom is -0.380 e. The van der Waals surface area contributed by atoms with Crippen molar-refractivity contribution in [3.63, 3.8) is 0 Å². The number of methoxy groups -OCH3 is 1. The predicted octanol–water partition coefficient (Wildman–Crippen LogP) is 5.52. The third-order valence-electron chi connectivity index (χ3n) is 8.79. The largest absolute Gasteiger partial charge is 0.380 e. The van der Waals surface area contributed by atoms with Crippen LogP contribution >= 0.6 is 0 Å². The number of nitrogens with zero attached hydrogens (tertiary/aromatic N) is 3. The Labute approximate surface area is 196 Å². The molecule has 0 bridgehead atoms. The summed E-state index contributed by atoms with van der Waals surface area (Å²) in [6.07, 6.45) is 11.1. The Hall–Kier alpha value is -1.26. The van der Waals surface area contributed by atoms with E-state index in [-0.39, 0.29) is 0 Å². The van der Waals surface area contributed by atoms with Gasteiger partial charge in [0.05, 0.1) is 6.10 Å². The van der Waals surface area contributed by atoms with Crippen molar-refractivity contribution in [2.24, 2.45) is 11.3 Å².